The van der Waals surface area contributed by atoms with Gasteiger partial charge in [-0.15, -0.1) is 0 Å². The molecule has 0 radical (unpaired) electrons. The maximum absolute atomic E-state index is 9.25. The molecule has 0 saturated heterocycles. The predicted molar refractivity (Wildman–Crippen MR) is 54.6 cm³/mol. The van der Waals surface area contributed by atoms with Gasteiger partial charge >= 0.3 is 0 Å². The third kappa shape index (κ3) is 2.92. The van der Waals surface area contributed by atoms with Crippen LogP contribution in [0.4, 0.5) is 0 Å². The molecule has 78 valence electrons. The number of phenolic OH excluding ortho intramolecular Hbond substituents is 2. The summed E-state index contributed by atoms with van der Waals surface area (Å²) >= 11 is 0. The lowest BCUT2D eigenvalue weighted by Gasteiger charge is -2.11. The molecule has 0 amide bonds. The Balaban J connectivity index is 2.63. The van der Waals surface area contributed by atoms with Crippen LogP contribution in [0, 0.1) is 0 Å². The molecule has 0 aromatic heterocycles. The molecule has 1 rings (SSSR count). The quantitative estimate of drug-likeness (QED) is 0.725. The molecule has 0 saturated carbocycles. The molecule has 0 aliphatic rings. The Hall–Kier alpha value is -1.22. The molecule has 0 spiro atoms. The van der Waals surface area contributed by atoms with Crippen LogP contribution in [0.15, 0.2) is 18.2 Å². The Labute approximate surface area is 84.0 Å². The lowest BCUT2D eigenvalue weighted by molar-refractivity contribution is 0.0768. The second-order valence-corrected chi connectivity index (χ2v) is 3.29. The van der Waals surface area contributed by atoms with Gasteiger partial charge in [0.2, 0.25) is 0 Å². The van der Waals surface area contributed by atoms with Crippen LogP contribution < -0.4 is 0 Å². The molecule has 0 fully saturated rings. The van der Waals surface area contributed by atoms with Crippen LogP contribution in [0.25, 0.3) is 0 Å². The molecule has 1 aromatic rings. The fraction of sp³-hybridized carbons (Fsp3) is 0.455. The van der Waals surface area contributed by atoms with Crippen LogP contribution in [0.3, 0.4) is 0 Å². The molecule has 3 nitrogen and oxygen atoms in total. The summed E-state index contributed by atoms with van der Waals surface area (Å²) in [6.45, 7) is 4.61. The first-order valence-corrected chi connectivity index (χ1v) is 4.76. The molecule has 0 unspecified atom stereocenters. The average Bonchev–Trinajstić information content (AvgIpc) is 2.12. The molecule has 0 bridgehead atoms. The monoisotopic (exact) mass is 196 g/mol. The van der Waals surface area contributed by atoms with Gasteiger partial charge in [0.1, 0.15) is 0 Å². The largest absolute Gasteiger partial charge is 0.504 e. The summed E-state index contributed by atoms with van der Waals surface area (Å²) < 4.78 is 5.37. The van der Waals surface area contributed by atoms with Crippen molar-refractivity contribution in [2.45, 2.75) is 26.4 Å². The lowest BCUT2D eigenvalue weighted by atomic mass is 10.1. The van der Waals surface area contributed by atoms with E-state index in [1.54, 1.807) is 12.1 Å². The second-order valence-electron chi connectivity index (χ2n) is 3.29. The number of benzene rings is 1. The van der Waals surface area contributed by atoms with Gasteiger partial charge in [-0.2, -0.15) is 0 Å². The zero-order chi connectivity index (χ0) is 10.6. The van der Waals surface area contributed by atoms with Gasteiger partial charge < -0.3 is 14.9 Å². The number of hydrogen-bond donors (Lipinski definition) is 2. The molecule has 3 heteroatoms. The zero-order valence-corrected chi connectivity index (χ0v) is 8.53. The van der Waals surface area contributed by atoms with E-state index in [-0.39, 0.29) is 17.6 Å². The third-order valence-corrected chi connectivity index (χ3v) is 2.01. The van der Waals surface area contributed by atoms with Crippen molar-refractivity contribution in [2.24, 2.45) is 0 Å². The molecule has 1 aromatic carbocycles. The van der Waals surface area contributed by atoms with E-state index in [4.69, 9.17) is 9.84 Å². The van der Waals surface area contributed by atoms with Crippen LogP contribution in [0.1, 0.15) is 19.4 Å². The number of rotatable bonds is 4. The number of phenols is 2. The highest BCUT2D eigenvalue weighted by Crippen LogP contribution is 2.25. The number of hydrogen-bond acceptors (Lipinski definition) is 3. The fourth-order valence-electron chi connectivity index (χ4n) is 1.37. The first kappa shape index (κ1) is 10.9. The minimum atomic E-state index is -0.0854. The topological polar surface area (TPSA) is 49.7 Å². The van der Waals surface area contributed by atoms with Gasteiger partial charge in [0.05, 0.1) is 6.10 Å². The van der Waals surface area contributed by atoms with E-state index in [9.17, 15) is 5.11 Å². The molecule has 14 heavy (non-hydrogen) atoms. The Bertz CT molecular complexity index is 297. The third-order valence-electron chi connectivity index (χ3n) is 2.01. The Morgan fingerprint density at radius 3 is 2.57 bits per heavy atom. The highest BCUT2D eigenvalue weighted by molar-refractivity contribution is 5.40. The van der Waals surface area contributed by atoms with Crippen LogP contribution in [-0.4, -0.2) is 22.9 Å². The number of aromatic hydroxyl groups is 2. The maximum atomic E-state index is 9.25. The summed E-state index contributed by atoms with van der Waals surface area (Å²) in [5.41, 5.74) is 0.959. The van der Waals surface area contributed by atoms with Crippen molar-refractivity contribution in [3.05, 3.63) is 23.8 Å². The van der Waals surface area contributed by atoms with E-state index in [0.29, 0.717) is 6.61 Å². The smallest absolute Gasteiger partial charge is 0.157 e. The first-order chi connectivity index (χ1) is 6.63. The molecule has 1 atom stereocenters. The van der Waals surface area contributed by atoms with E-state index in [1.165, 1.54) is 6.07 Å². The maximum Gasteiger partial charge on any atom is 0.157 e. The highest BCUT2D eigenvalue weighted by Gasteiger charge is 2.05. The Morgan fingerprint density at radius 2 is 2.00 bits per heavy atom. The van der Waals surface area contributed by atoms with E-state index in [1.807, 2.05) is 13.8 Å². The molecule has 0 aliphatic carbocycles. The van der Waals surface area contributed by atoms with Gasteiger partial charge in [0.25, 0.3) is 0 Å². The molecule has 0 aliphatic heterocycles. The summed E-state index contributed by atoms with van der Waals surface area (Å²) in [6.07, 6.45) is 0.866. The first-order valence-electron chi connectivity index (χ1n) is 4.76. The van der Waals surface area contributed by atoms with Crippen molar-refractivity contribution in [1.82, 2.24) is 0 Å². The van der Waals surface area contributed by atoms with Crippen molar-refractivity contribution in [3.8, 4) is 11.5 Å². The summed E-state index contributed by atoms with van der Waals surface area (Å²) in [4.78, 5) is 0. The molecule has 0 heterocycles. The van der Waals surface area contributed by atoms with Crippen LogP contribution in [0.2, 0.25) is 0 Å². The summed E-state index contributed by atoms with van der Waals surface area (Å²) in [5, 5.41) is 18.4. The Morgan fingerprint density at radius 1 is 1.29 bits per heavy atom. The zero-order valence-electron chi connectivity index (χ0n) is 8.53. The van der Waals surface area contributed by atoms with Crippen LogP contribution in [-0.2, 0) is 11.2 Å². The molecular weight excluding hydrogens is 180 g/mol. The second kappa shape index (κ2) is 4.86. The minimum Gasteiger partial charge on any atom is -0.504 e. The highest BCUT2D eigenvalue weighted by atomic mass is 16.5. The summed E-state index contributed by atoms with van der Waals surface area (Å²) in [5.74, 6) is -0.163. The average molecular weight is 196 g/mol. The summed E-state index contributed by atoms with van der Waals surface area (Å²) in [7, 11) is 0. The lowest BCUT2D eigenvalue weighted by Crippen LogP contribution is -2.11. The van der Waals surface area contributed by atoms with Gasteiger partial charge in [0, 0.05) is 6.61 Å². The van der Waals surface area contributed by atoms with Gasteiger partial charge in [-0.3, -0.25) is 0 Å². The van der Waals surface area contributed by atoms with Gasteiger partial charge in [0.15, 0.2) is 11.5 Å². The van der Waals surface area contributed by atoms with Crippen molar-refractivity contribution < 1.29 is 14.9 Å². The van der Waals surface area contributed by atoms with E-state index >= 15 is 0 Å². The van der Waals surface area contributed by atoms with Gasteiger partial charge in [-0.05, 0) is 38.0 Å². The van der Waals surface area contributed by atoms with E-state index in [0.717, 1.165) is 12.0 Å². The van der Waals surface area contributed by atoms with E-state index in [2.05, 4.69) is 0 Å². The van der Waals surface area contributed by atoms with Crippen LogP contribution in [0.5, 0.6) is 11.5 Å². The van der Waals surface area contributed by atoms with Gasteiger partial charge in [-0.25, -0.2) is 0 Å². The van der Waals surface area contributed by atoms with Crippen molar-refractivity contribution in [3.63, 3.8) is 0 Å². The predicted octanol–water partition coefficient (Wildman–Crippen LogP) is 2.07. The van der Waals surface area contributed by atoms with Gasteiger partial charge in [-0.1, -0.05) is 6.07 Å². The van der Waals surface area contributed by atoms with Crippen molar-refractivity contribution in [2.75, 3.05) is 6.61 Å². The molecular formula is C11H16O3. The van der Waals surface area contributed by atoms with Crippen LogP contribution >= 0.6 is 0 Å². The van der Waals surface area contributed by atoms with Crippen molar-refractivity contribution in [1.29, 1.82) is 0 Å². The van der Waals surface area contributed by atoms with E-state index < -0.39 is 0 Å². The fourth-order valence-corrected chi connectivity index (χ4v) is 1.37. The summed E-state index contributed by atoms with van der Waals surface area (Å²) in [6, 6.07) is 4.83. The molecule has 2 N–H and O–H groups in total. The van der Waals surface area contributed by atoms with Crippen molar-refractivity contribution >= 4 is 0 Å². The minimum absolute atomic E-state index is 0.0776. The Kier molecular flexibility index (Phi) is 3.77. The number of ether oxygens (including phenoxy) is 1. The normalized spacial score (nSPS) is 12.7. The SMILES string of the molecule is CCO[C@@H](C)Cc1ccc(O)c(O)c1. The standard InChI is InChI=1S/C11H16O3/c1-3-14-8(2)6-9-4-5-10(12)11(13)7-9/h4-5,7-8,12-13H,3,6H2,1-2H3/t8-/m0/s1.